The first-order valence-electron chi connectivity index (χ1n) is 11.0. The van der Waals surface area contributed by atoms with Crippen LogP contribution in [0.25, 0.3) is 22.6 Å². The highest BCUT2D eigenvalue weighted by atomic mass is 35.5. The van der Waals surface area contributed by atoms with Crippen molar-refractivity contribution in [2.24, 2.45) is 0 Å². The molecule has 1 aliphatic carbocycles. The molecule has 35 heavy (non-hydrogen) atoms. The smallest absolute Gasteiger partial charge is 0.254 e. The van der Waals surface area contributed by atoms with E-state index in [1.54, 1.807) is 43.6 Å². The summed E-state index contributed by atoms with van der Waals surface area (Å²) in [5.74, 6) is -0.675. The minimum Gasteiger partial charge on any atom is -0.349 e. The molecule has 1 saturated carbocycles. The van der Waals surface area contributed by atoms with E-state index in [-0.39, 0.29) is 21.5 Å². The van der Waals surface area contributed by atoms with Gasteiger partial charge in [-0.15, -0.1) is 0 Å². The number of aromatic nitrogens is 4. The van der Waals surface area contributed by atoms with E-state index >= 15 is 0 Å². The van der Waals surface area contributed by atoms with E-state index in [0.29, 0.717) is 22.6 Å². The van der Waals surface area contributed by atoms with Crippen LogP contribution >= 0.6 is 11.6 Å². The molecular weight excluding hydrogens is 493 g/mol. The van der Waals surface area contributed by atoms with Crippen molar-refractivity contribution in [1.29, 1.82) is 0 Å². The summed E-state index contributed by atoms with van der Waals surface area (Å²) in [5.41, 5.74) is 1.47. The van der Waals surface area contributed by atoms with E-state index in [1.165, 1.54) is 29.2 Å². The summed E-state index contributed by atoms with van der Waals surface area (Å²) in [7, 11) is -3.58. The fraction of sp³-hybridized carbons (Fsp3) is 0.292. The Bertz CT molecular complexity index is 1580. The fourth-order valence-electron chi connectivity index (χ4n) is 3.65. The zero-order valence-corrected chi connectivity index (χ0v) is 20.9. The summed E-state index contributed by atoms with van der Waals surface area (Å²) in [5, 5.41) is 7.30. The van der Waals surface area contributed by atoms with Gasteiger partial charge in [-0.25, -0.2) is 22.5 Å². The van der Waals surface area contributed by atoms with Gasteiger partial charge in [-0.2, -0.15) is 5.10 Å². The number of pyridine rings is 1. The summed E-state index contributed by atoms with van der Waals surface area (Å²) >= 11 is 6.31. The molecule has 0 unspecified atom stereocenters. The van der Waals surface area contributed by atoms with Gasteiger partial charge < -0.3 is 5.32 Å². The normalized spacial score (nSPS) is 14.4. The van der Waals surface area contributed by atoms with Gasteiger partial charge in [0, 0.05) is 29.6 Å². The van der Waals surface area contributed by atoms with Crippen molar-refractivity contribution in [1.82, 2.24) is 24.5 Å². The average molecular weight is 516 g/mol. The molecule has 0 saturated heterocycles. The topological polar surface area (TPSA) is 98.4 Å². The van der Waals surface area contributed by atoms with Crippen molar-refractivity contribution < 1.29 is 17.6 Å². The first kappa shape index (κ1) is 23.5. The van der Waals surface area contributed by atoms with Crippen molar-refractivity contribution in [2.75, 3.05) is 0 Å². The van der Waals surface area contributed by atoms with Crippen LogP contribution in [-0.2, 0) is 9.84 Å². The Labute approximate surface area is 206 Å². The summed E-state index contributed by atoms with van der Waals surface area (Å²) in [4.78, 5) is 17.0. The van der Waals surface area contributed by atoms with E-state index in [9.17, 15) is 17.6 Å². The van der Waals surface area contributed by atoms with E-state index in [4.69, 9.17) is 11.6 Å². The van der Waals surface area contributed by atoms with Gasteiger partial charge in [-0.05, 0) is 57.9 Å². The molecule has 1 amide bonds. The Morgan fingerprint density at radius 1 is 1.17 bits per heavy atom. The zero-order valence-electron chi connectivity index (χ0n) is 19.3. The number of nitrogens with zero attached hydrogens (tertiary/aromatic N) is 4. The van der Waals surface area contributed by atoms with Crippen LogP contribution in [-0.4, -0.2) is 44.3 Å². The summed E-state index contributed by atoms with van der Waals surface area (Å²) in [6.45, 7) is 4.94. The highest BCUT2D eigenvalue weighted by molar-refractivity contribution is 7.92. The van der Waals surface area contributed by atoms with Gasteiger partial charge in [0.2, 0.25) is 0 Å². The Balaban J connectivity index is 1.54. The number of imidazole rings is 1. The highest BCUT2D eigenvalue weighted by Crippen LogP contribution is 2.32. The molecule has 3 aromatic heterocycles. The maximum atomic E-state index is 14.5. The predicted molar refractivity (Wildman–Crippen MR) is 130 cm³/mol. The molecule has 0 bridgehead atoms. The standard InChI is InChI=1S/C24H23ClFN5O3S/c1-24(2,3)35(33,34)16-6-7-21-27-11-22(30(21)13-16)31-12-14(10-28-31)17-8-18(20(26)9-19(17)25)23(32)29-15-4-5-15/h6-13,15H,4-5H2,1-3H3,(H,29,32). The van der Waals surface area contributed by atoms with Crippen molar-refractivity contribution >= 4 is 33.0 Å². The second-order valence-electron chi connectivity index (χ2n) is 9.56. The van der Waals surface area contributed by atoms with Gasteiger partial charge in [0.05, 0.1) is 32.6 Å². The number of sulfone groups is 1. The van der Waals surface area contributed by atoms with E-state index in [2.05, 4.69) is 15.4 Å². The Hall–Kier alpha value is -3.24. The van der Waals surface area contributed by atoms with Crippen LogP contribution in [0, 0.1) is 5.82 Å². The highest BCUT2D eigenvalue weighted by Gasteiger charge is 2.31. The molecule has 1 aromatic carbocycles. The van der Waals surface area contributed by atoms with Crippen LogP contribution in [0.4, 0.5) is 4.39 Å². The van der Waals surface area contributed by atoms with Gasteiger partial charge in [0.15, 0.2) is 15.7 Å². The molecule has 8 nitrogen and oxygen atoms in total. The molecule has 1 fully saturated rings. The van der Waals surface area contributed by atoms with Crippen molar-refractivity contribution in [3.8, 4) is 16.9 Å². The van der Waals surface area contributed by atoms with Gasteiger partial charge in [0.25, 0.3) is 5.91 Å². The zero-order chi connectivity index (χ0) is 25.1. The van der Waals surface area contributed by atoms with Gasteiger partial charge in [-0.3, -0.25) is 9.20 Å². The molecule has 182 valence electrons. The molecule has 0 atom stereocenters. The second kappa shape index (κ2) is 8.17. The molecule has 1 aliphatic rings. The first-order valence-corrected chi connectivity index (χ1v) is 12.9. The Kier molecular flexibility index (Phi) is 5.48. The van der Waals surface area contributed by atoms with Crippen LogP contribution < -0.4 is 5.32 Å². The molecule has 4 aromatic rings. The number of rotatable bonds is 5. The molecule has 5 rings (SSSR count). The molecule has 11 heteroatoms. The van der Waals surface area contributed by atoms with Crippen LogP contribution in [0.3, 0.4) is 0 Å². The summed E-state index contributed by atoms with van der Waals surface area (Å²) in [6.07, 6.45) is 8.06. The average Bonchev–Trinajstić information content (AvgIpc) is 3.29. The second-order valence-corrected chi connectivity index (χ2v) is 12.7. The number of hydrogen-bond donors (Lipinski definition) is 1. The molecule has 3 heterocycles. The Morgan fingerprint density at radius 3 is 2.60 bits per heavy atom. The molecular formula is C24H23ClFN5O3S. The number of benzene rings is 1. The van der Waals surface area contributed by atoms with E-state index in [0.717, 1.165) is 18.9 Å². The Morgan fingerprint density at radius 2 is 1.91 bits per heavy atom. The number of amides is 1. The predicted octanol–water partition coefficient (Wildman–Crippen LogP) is 4.44. The number of fused-ring (bicyclic) bond motifs is 1. The monoisotopic (exact) mass is 515 g/mol. The number of hydrogen-bond acceptors (Lipinski definition) is 5. The van der Waals surface area contributed by atoms with Crippen molar-refractivity contribution in [2.45, 2.75) is 49.3 Å². The van der Waals surface area contributed by atoms with Crippen LogP contribution in [0.2, 0.25) is 5.02 Å². The summed E-state index contributed by atoms with van der Waals surface area (Å²) in [6, 6.07) is 5.79. The lowest BCUT2D eigenvalue weighted by atomic mass is 10.0. The number of halogens is 2. The summed E-state index contributed by atoms with van der Waals surface area (Å²) < 4.78 is 42.5. The quantitative estimate of drug-likeness (QED) is 0.423. The van der Waals surface area contributed by atoms with Gasteiger partial charge in [0.1, 0.15) is 11.5 Å². The largest absolute Gasteiger partial charge is 0.349 e. The van der Waals surface area contributed by atoms with Crippen LogP contribution in [0.5, 0.6) is 0 Å². The third kappa shape index (κ3) is 4.21. The molecule has 1 N–H and O–H groups in total. The van der Waals surface area contributed by atoms with Gasteiger partial charge >= 0.3 is 0 Å². The third-order valence-electron chi connectivity index (χ3n) is 5.92. The number of carbonyl (C=O) groups is 1. The molecule has 0 spiro atoms. The lowest BCUT2D eigenvalue weighted by Crippen LogP contribution is -2.28. The fourth-order valence-corrected chi connectivity index (χ4v) is 5.11. The lowest BCUT2D eigenvalue weighted by molar-refractivity contribution is 0.0947. The molecule has 0 radical (unpaired) electrons. The first-order chi connectivity index (χ1) is 16.5. The van der Waals surface area contributed by atoms with Gasteiger partial charge in [-0.1, -0.05) is 11.6 Å². The van der Waals surface area contributed by atoms with Crippen molar-refractivity contribution in [3.63, 3.8) is 0 Å². The minimum absolute atomic E-state index is 0.0871. The maximum Gasteiger partial charge on any atom is 0.254 e. The van der Waals surface area contributed by atoms with E-state index in [1.807, 2.05) is 0 Å². The molecule has 0 aliphatic heterocycles. The SMILES string of the molecule is CC(C)(C)S(=O)(=O)c1ccc2ncc(-n3cc(-c4cc(C(=O)NC5CC5)c(F)cc4Cl)cn3)n2c1. The number of nitrogens with one attached hydrogen (secondary N) is 1. The van der Waals surface area contributed by atoms with Crippen molar-refractivity contribution in [3.05, 3.63) is 65.5 Å². The maximum absolute atomic E-state index is 14.5. The third-order valence-corrected chi connectivity index (χ3v) is 8.70. The number of carbonyl (C=O) groups excluding carboxylic acids is 1. The van der Waals surface area contributed by atoms with Crippen LogP contribution in [0.1, 0.15) is 44.0 Å². The van der Waals surface area contributed by atoms with Crippen LogP contribution in [0.15, 0.2) is 53.9 Å². The van der Waals surface area contributed by atoms with E-state index < -0.39 is 26.3 Å². The lowest BCUT2D eigenvalue weighted by Gasteiger charge is -2.19. The minimum atomic E-state index is -3.58.